The second-order valence-corrected chi connectivity index (χ2v) is 8.80. The summed E-state index contributed by atoms with van der Waals surface area (Å²) in [6, 6.07) is 14.6. The molecular formula is C20H20N2O3S. The van der Waals surface area contributed by atoms with Crippen molar-refractivity contribution in [2.24, 2.45) is 7.05 Å². The van der Waals surface area contributed by atoms with Crippen LogP contribution in [0.4, 0.5) is 0 Å². The van der Waals surface area contributed by atoms with Gasteiger partial charge in [0.1, 0.15) is 0 Å². The van der Waals surface area contributed by atoms with Crippen molar-refractivity contribution in [2.75, 3.05) is 5.75 Å². The van der Waals surface area contributed by atoms with Gasteiger partial charge in [-0.25, -0.2) is 8.42 Å². The number of benzene rings is 2. The van der Waals surface area contributed by atoms with Gasteiger partial charge >= 0.3 is 0 Å². The maximum atomic E-state index is 12.6. The molecule has 2 heterocycles. The molecule has 0 bridgehead atoms. The summed E-state index contributed by atoms with van der Waals surface area (Å²) in [5.41, 5.74) is 2.74. The van der Waals surface area contributed by atoms with Gasteiger partial charge in [-0.1, -0.05) is 36.4 Å². The summed E-state index contributed by atoms with van der Waals surface area (Å²) in [7, 11) is -1.29. The summed E-state index contributed by atoms with van der Waals surface area (Å²) in [5.74, 6) is -0.0380. The Morgan fingerprint density at radius 1 is 1.15 bits per heavy atom. The van der Waals surface area contributed by atoms with Crippen LogP contribution in [0.15, 0.2) is 59.6 Å². The van der Waals surface area contributed by atoms with E-state index in [1.54, 1.807) is 18.2 Å². The van der Waals surface area contributed by atoms with E-state index in [0.717, 1.165) is 16.5 Å². The zero-order chi connectivity index (χ0) is 18.3. The predicted octanol–water partition coefficient (Wildman–Crippen LogP) is 2.76. The van der Waals surface area contributed by atoms with E-state index in [2.05, 4.69) is 5.32 Å². The van der Waals surface area contributed by atoms with Crippen LogP contribution >= 0.6 is 0 Å². The molecule has 0 saturated carbocycles. The lowest BCUT2D eigenvalue weighted by Gasteiger charge is -2.26. The Hall–Kier alpha value is -2.60. The van der Waals surface area contributed by atoms with Gasteiger partial charge in [0.25, 0.3) is 0 Å². The lowest BCUT2D eigenvalue weighted by Crippen LogP contribution is -2.34. The number of carbonyl (C=O) groups is 1. The number of nitrogens with one attached hydrogen (secondary N) is 1. The molecule has 6 heteroatoms. The summed E-state index contributed by atoms with van der Waals surface area (Å²) >= 11 is 0. The smallest absolute Gasteiger partial charge is 0.224 e. The van der Waals surface area contributed by atoms with E-state index in [0.29, 0.717) is 16.9 Å². The van der Waals surface area contributed by atoms with Gasteiger partial charge in [-0.15, -0.1) is 0 Å². The predicted molar refractivity (Wildman–Crippen MR) is 101 cm³/mol. The monoisotopic (exact) mass is 368 g/mol. The van der Waals surface area contributed by atoms with E-state index in [9.17, 15) is 13.2 Å². The molecule has 2 aromatic carbocycles. The van der Waals surface area contributed by atoms with Crippen molar-refractivity contribution in [1.29, 1.82) is 0 Å². The SMILES string of the molecule is Cn1cc(CC(=O)NC2CCS(=O)(=O)c3ccccc32)c2ccccc21. The first kappa shape index (κ1) is 16.8. The molecule has 1 unspecified atom stereocenters. The molecule has 0 radical (unpaired) electrons. The van der Waals surface area contributed by atoms with Crippen LogP contribution in [-0.4, -0.2) is 24.6 Å². The van der Waals surface area contributed by atoms with E-state index in [-0.39, 0.29) is 24.1 Å². The summed E-state index contributed by atoms with van der Waals surface area (Å²) < 4.78 is 26.5. The van der Waals surface area contributed by atoms with Gasteiger partial charge in [0.2, 0.25) is 5.91 Å². The molecule has 5 nitrogen and oxygen atoms in total. The fourth-order valence-electron chi connectivity index (χ4n) is 3.72. The van der Waals surface area contributed by atoms with Crippen LogP contribution in [0.3, 0.4) is 0 Å². The first-order valence-electron chi connectivity index (χ1n) is 8.60. The maximum Gasteiger partial charge on any atom is 0.224 e. The highest BCUT2D eigenvalue weighted by Gasteiger charge is 2.30. The van der Waals surface area contributed by atoms with Gasteiger partial charge in [-0.2, -0.15) is 0 Å². The average Bonchev–Trinajstić information content (AvgIpc) is 2.94. The van der Waals surface area contributed by atoms with Crippen molar-refractivity contribution in [2.45, 2.75) is 23.8 Å². The molecule has 3 aromatic rings. The number of rotatable bonds is 3. The quantitative estimate of drug-likeness (QED) is 0.773. The topological polar surface area (TPSA) is 68.2 Å². The lowest BCUT2D eigenvalue weighted by atomic mass is 10.0. The molecule has 0 saturated heterocycles. The van der Waals surface area contributed by atoms with Crippen molar-refractivity contribution in [3.8, 4) is 0 Å². The number of aryl methyl sites for hydroxylation is 1. The molecule has 0 aliphatic carbocycles. The average molecular weight is 368 g/mol. The normalized spacial score (nSPS) is 18.4. The Balaban J connectivity index is 1.57. The first-order chi connectivity index (χ1) is 12.5. The number of aromatic nitrogens is 1. The number of hydrogen-bond acceptors (Lipinski definition) is 3. The molecule has 26 heavy (non-hydrogen) atoms. The van der Waals surface area contributed by atoms with E-state index in [1.807, 2.05) is 48.1 Å². The van der Waals surface area contributed by atoms with E-state index in [4.69, 9.17) is 0 Å². The van der Waals surface area contributed by atoms with Crippen molar-refractivity contribution in [3.63, 3.8) is 0 Å². The van der Waals surface area contributed by atoms with Crippen LogP contribution in [0, 0.1) is 0 Å². The van der Waals surface area contributed by atoms with Crippen LogP contribution in [0.25, 0.3) is 10.9 Å². The molecule has 1 atom stereocenters. The summed E-state index contributed by atoms with van der Waals surface area (Å²) in [6.07, 6.45) is 2.65. The highest BCUT2D eigenvalue weighted by molar-refractivity contribution is 7.91. The van der Waals surface area contributed by atoms with Crippen molar-refractivity contribution in [1.82, 2.24) is 9.88 Å². The van der Waals surface area contributed by atoms with Gasteiger partial charge in [0, 0.05) is 24.1 Å². The minimum Gasteiger partial charge on any atom is -0.350 e. The highest BCUT2D eigenvalue weighted by Crippen LogP contribution is 2.32. The minimum atomic E-state index is -3.25. The van der Waals surface area contributed by atoms with E-state index >= 15 is 0 Å². The molecule has 4 rings (SSSR count). The van der Waals surface area contributed by atoms with E-state index in [1.165, 1.54) is 0 Å². The summed E-state index contributed by atoms with van der Waals surface area (Å²) in [6.45, 7) is 0. The molecule has 0 spiro atoms. The van der Waals surface area contributed by atoms with Crippen LogP contribution in [0.5, 0.6) is 0 Å². The van der Waals surface area contributed by atoms with Crippen molar-refractivity contribution >= 4 is 26.6 Å². The third-order valence-corrected chi connectivity index (χ3v) is 6.79. The second-order valence-electron chi connectivity index (χ2n) is 6.72. The molecule has 1 aromatic heterocycles. The molecule has 1 aliphatic rings. The molecule has 0 fully saturated rings. The number of sulfone groups is 1. The summed E-state index contributed by atoms with van der Waals surface area (Å²) in [5, 5.41) is 4.09. The number of carbonyl (C=O) groups excluding carboxylic acids is 1. The first-order valence-corrected chi connectivity index (χ1v) is 10.2. The van der Waals surface area contributed by atoms with Crippen LogP contribution in [-0.2, 0) is 28.1 Å². The van der Waals surface area contributed by atoms with Crippen LogP contribution in [0.1, 0.15) is 23.6 Å². The third-order valence-electron chi connectivity index (χ3n) is 4.97. The summed E-state index contributed by atoms with van der Waals surface area (Å²) in [4.78, 5) is 13.0. The number of fused-ring (bicyclic) bond motifs is 2. The van der Waals surface area contributed by atoms with Gasteiger partial charge in [-0.05, 0) is 29.7 Å². The number of amides is 1. The van der Waals surface area contributed by atoms with Crippen LogP contribution < -0.4 is 5.32 Å². The number of nitrogens with zero attached hydrogens (tertiary/aromatic N) is 1. The van der Waals surface area contributed by atoms with E-state index < -0.39 is 9.84 Å². The Labute approximate surface area is 152 Å². The molecule has 134 valence electrons. The third kappa shape index (κ3) is 2.90. The maximum absolute atomic E-state index is 12.6. The fraction of sp³-hybridized carbons (Fsp3) is 0.250. The molecule has 1 amide bonds. The molecule has 1 N–H and O–H groups in total. The fourth-order valence-corrected chi connectivity index (χ4v) is 5.35. The lowest BCUT2D eigenvalue weighted by molar-refractivity contribution is -0.121. The highest BCUT2D eigenvalue weighted by atomic mass is 32.2. The van der Waals surface area contributed by atoms with Crippen LogP contribution in [0.2, 0.25) is 0 Å². The van der Waals surface area contributed by atoms with Crippen molar-refractivity contribution < 1.29 is 13.2 Å². The Morgan fingerprint density at radius 3 is 2.73 bits per heavy atom. The van der Waals surface area contributed by atoms with Gasteiger partial charge in [0.15, 0.2) is 9.84 Å². The molecule has 1 aliphatic heterocycles. The zero-order valence-corrected chi connectivity index (χ0v) is 15.3. The Bertz CT molecular complexity index is 1100. The Morgan fingerprint density at radius 2 is 1.88 bits per heavy atom. The molecular weight excluding hydrogens is 348 g/mol. The van der Waals surface area contributed by atoms with Gasteiger partial charge in [-0.3, -0.25) is 4.79 Å². The standard InChI is InChI=1S/C20H20N2O3S/c1-22-13-14(15-6-2-4-8-18(15)22)12-20(23)21-17-10-11-26(24,25)19-9-5-3-7-16(17)19/h2-9,13,17H,10-12H2,1H3,(H,21,23). The van der Waals surface area contributed by atoms with Gasteiger partial charge in [0.05, 0.1) is 23.1 Å². The second kappa shape index (κ2) is 6.29. The largest absolute Gasteiger partial charge is 0.350 e. The minimum absolute atomic E-state index is 0.0588. The number of hydrogen-bond donors (Lipinski definition) is 1. The zero-order valence-electron chi connectivity index (χ0n) is 14.5. The van der Waals surface area contributed by atoms with Crippen molar-refractivity contribution in [3.05, 3.63) is 65.9 Å². The number of para-hydroxylation sites is 1. The van der Waals surface area contributed by atoms with Gasteiger partial charge < -0.3 is 9.88 Å². The Kier molecular flexibility index (Phi) is 4.07.